The number of alkyl halides is 1. The molecule has 0 heterocycles. The molecule has 62 valence electrons. The van der Waals surface area contributed by atoms with Gasteiger partial charge in [-0.2, -0.15) is 5.26 Å². The molecule has 0 amide bonds. The van der Waals surface area contributed by atoms with Gasteiger partial charge in [0.25, 0.3) is 0 Å². The predicted octanol–water partition coefficient (Wildman–Crippen LogP) is 2.91. The molecule has 1 rings (SSSR count). The third-order valence-corrected chi connectivity index (χ3v) is 2.90. The van der Waals surface area contributed by atoms with Gasteiger partial charge < -0.3 is 0 Å². The average Bonchev–Trinajstić information content (AvgIpc) is 2.16. The Morgan fingerprint density at radius 1 is 1.42 bits per heavy atom. The maximum atomic E-state index is 8.63. The van der Waals surface area contributed by atoms with Crippen LogP contribution in [-0.2, 0) is 0 Å². The van der Waals surface area contributed by atoms with Crippen molar-refractivity contribution >= 4 is 23.4 Å². The molecule has 1 aromatic carbocycles. The molecule has 0 radical (unpaired) electrons. The fourth-order valence-electron chi connectivity index (χ4n) is 0.756. The monoisotopic (exact) mass is 197 g/mol. The second-order valence-corrected chi connectivity index (χ2v) is 3.79. The zero-order valence-corrected chi connectivity index (χ0v) is 7.98. The van der Waals surface area contributed by atoms with Crippen LogP contribution in [0.25, 0.3) is 0 Å². The molecule has 0 spiro atoms. The Kier molecular flexibility index (Phi) is 3.99. The molecule has 1 nitrogen and oxygen atoms in total. The molecule has 0 fully saturated rings. The van der Waals surface area contributed by atoms with E-state index in [1.54, 1.807) is 0 Å². The summed E-state index contributed by atoms with van der Waals surface area (Å²) in [5.74, 6) is 0.371. The van der Waals surface area contributed by atoms with Gasteiger partial charge >= 0.3 is 0 Å². The Hall–Kier alpha value is -0.650. The van der Waals surface area contributed by atoms with Crippen LogP contribution >= 0.6 is 23.4 Å². The molecule has 0 saturated heterocycles. The number of hydrogen-bond donors (Lipinski definition) is 0. The van der Waals surface area contributed by atoms with E-state index in [1.165, 1.54) is 11.8 Å². The van der Waals surface area contributed by atoms with E-state index in [9.17, 15) is 0 Å². The predicted molar refractivity (Wildman–Crippen MR) is 52.4 cm³/mol. The van der Waals surface area contributed by atoms with E-state index in [2.05, 4.69) is 6.07 Å². The molecule has 0 N–H and O–H groups in total. The molecule has 1 unspecified atom stereocenters. The molecule has 1 aromatic rings. The third kappa shape index (κ3) is 2.77. The first kappa shape index (κ1) is 9.44. The lowest BCUT2D eigenvalue weighted by Crippen LogP contribution is -1.98. The van der Waals surface area contributed by atoms with Crippen LogP contribution < -0.4 is 0 Å². The largest absolute Gasteiger partial charge is 0.197 e. The summed E-state index contributed by atoms with van der Waals surface area (Å²) in [7, 11) is 0. The summed E-state index contributed by atoms with van der Waals surface area (Å²) in [4.78, 5) is 1.09. The zero-order valence-electron chi connectivity index (χ0n) is 6.40. The van der Waals surface area contributed by atoms with Gasteiger partial charge in [-0.1, -0.05) is 18.2 Å². The van der Waals surface area contributed by atoms with E-state index < -0.39 is 0 Å². The average molecular weight is 198 g/mol. The van der Waals surface area contributed by atoms with Crippen LogP contribution in [0.2, 0.25) is 0 Å². The van der Waals surface area contributed by atoms with Crippen molar-refractivity contribution in [1.82, 2.24) is 0 Å². The highest BCUT2D eigenvalue weighted by Gasteiger charge is 2.06. The van der Waals surface area contributed by atoms with Crippen molar-refractivity contribution in [2.24, 2.45) is 0 Å². The second-order valence-electron chi connectivity index (χ2n) is 2.20. The number of thioether (sulfide) groups is 1. The minimum Gasteiger partial charge on any atom is -0.197 e. The van der Waals surface area contributed by atoms with Crippen LogP contribution in [0.15, 0.2) is 35.2 Å². The topological polar surface area (TPSA) is 23.8 Å². The number of nitriles is 1. The highest BCUT2D eigenvalue weighted by atomic mass is 35.5. The molecule has 3 heteroatoms. The van der Waals surface area contributed by atoms with Gasteiger partial charge in [-0.25, -0.2) is 0 Å². The number of nitrogens with zero attached hydrogens (tertiary/aromatic N) is 1. The Morgan fingerprint density at radius 3 is 2.58 bits per heavy atom. The standard InChI is InChI=1S/C9H8ClNS/c10-6-9(7-11)12-8-4-2-1-3-5-8/h1-5,9H,6H2. The molecular formula is C9H8ClNS. The Morgan fingerprint density at radius 2 is 2.08 bits per heavy atom. The summed E-state index contributed by atoms with van der Waals surface area (Å²) in [6.45, 7) is 0. The lowest BCUT2D eigenvalue weighted by molar-refractivity contribution is 1.24. The van der Waals surface area contributed by atoms with Crippen molar-refractivity contribution in [3.63, 3.8) is 0 Å². The summed E-state index contributed by atoms with van der Waals surface area (Å²) in [5, 5.41) is 8.49. The Balaban J connectivity index is 2.58. The van der Waals surface area contributed by atoms with Crippen LogP contribution in [0, 0.1) is 11.3 Å². The van der Waals surface area contributed by atoms with Gasteiger partial charge in [0.2, 0.25) is 0 Å². The number of halogens is 1. The van der Waals surface area contributed by atoms with E-state index in [4.69, 9.17) is 16.9 Å². The smallest absolute Gasteiger partial charge is 0.110 e. The van der Waals surface area contributed by atoms with Crippen molar-refractivity contribution < 1.29 is 0 Å². The number of benzene rings is 1. The van der Waals surface area contributed by atoms with Gasteiger partial charge in [0.05, 0.1) is 6.07 Å². The second kappa shape index (κ2) is 5.08. The first-order chi connectivity index (χ1) is 5.86. The first-order valence-electron chi connectivity index (χ1n) is 3.54. The van der Waals surface area contributed by atoms with Gasteiger partial charge in [-0.3, -0.25) is 0 Å². The van der Waals surface area contributed by atoms with Crippen LogP contribution in [0.5, 0.6) is 0 Å². The SMILES string of the molecule is N#CC(CCl)Sc1ccccc1. The summed E-state index contributed by atoms with van der Waals surface area (Å²) >= 11 is 7.07. The quantitative estimate of drug-likeness (QED) is 0.550. The van der Waals surface area contributed by atoms with Gasteiger partial charge in [-0.15, -0.1) is 23.4 Å². The van der Waals surface area contributed by atoms with Crippen molar-refractivity contribution in [2.75, 3.05) is 5.88 Å². The maximum absolute atomic E-state index is 8.63. The van der Waals surface area contributed by atoms with Crippen LogP contribution in [0.3, 0.4) is 0 Å². The van der Waals surface area contributed by atoms with E-state index in [0.717, 1.165) is 4.90 Å². The summed E-state index contributed by atoms with van der Waals surface area (Å²) in [5.41, 5.74) is 0. The van der Waals surface area contributed by atoms with Gasteiger partial charge in [0.15, 0.2) is 0 Å². The molecule has 0 saturated carbocycles. The lowest BCUT2D eigenvalue weighted by Gasteiger charge is -2.03. The van der Waals surface area contributed by atoms with Crippen molar-refractivity contribution in [2.45, 2.75) is 10.1 Å². The highest BCUT2D eigenvalue weighted by molar-refractivity contribution is 8.00. The first-order valence-corrected chi connectivity index (χ1v) is 4.95. The fraction of sp³-hybridized carbons (Fsp3) is 0.222. The minimum atomic E-state index is -0.144. The van der Waals surface area contributed by atoms with Crippen molar-refractivity contribution in [3.8, 4) is 6.07 Å². The molecule has 0 bridgehead atoms. The maximum Gasteiger partial charge on any atom is 0.110 e. The van der Waals surface area contributed by atoms with Crippen LogP contribution in [0.4, 0.5) is 0 Å². The normalized spacial score (nSPS) is 12.0. The van der Waals surface area contributed by atoms with E-state index in [1.807, 2.05) is 30.3 Å². The third-order valence-electron chi connectivity index (χ3n) is 1.31. The van der Waals surface area contributed by atoms with Crippen molar-refractivity contribution in [3.05, 3.63) is 30.3 Å². The highest BCUT2D eigenvalue weighted by Crippen LogP contribution is 2.22. The summed E-state index contributed by atoms with van der Waals surface area (Å²) < 4.78 is 0. The van der Waals surface area contributed by atoms with E-state index >= 15 is 0 Å². The molecule has 0 aliphatic rings. The fourth-order valence-corrected chi connectivity index (χ4v) is 1.77. The van der Waals surface area contributed by atoms with Gasteiger partial charge in [-0.05, 0) is 12.1 Å². The minimum absolute atomic E-state index is 0.144. The Bertz CT molecular complexity index is 268. The van der Waals surface area contributed by atoms with Crippen LogP contribution in [0.1, 0.15) is 0 Å². The van der Waals surface area contributed by atoms with Gasteiger partial charge in [0, 0.05) is 10.8 Å². The van der Waals surface area contributed by atoms with Gasteiger partial charge in [0.1, 0.15) is 5.25 Å². The van der Waals surface area contributed by atoms with E-state index in [-0.39, 0.29) is 5.25 Å². The summed E-state index contributed by atoms with van der Waals surface area (Å²) in [6.07, 6.45) is 0. The molecule has 0 aliphatic heterocycles. The van der Waals surface area contributed by atoms with E-state index in [0.29, 0.717) is 5.88 Å². The van der Waals surface area contributed by atoms with Crippen LogP contribution in [-0.4, -0.2) is 11.1 Å². The Labute approximate surface area is 81.3 Å². The number of rotatable bonds is 3. The molecule has 1 atom stereocenters. The van der Waals surface area contributed by atoms with Crippen molar-refractivity contribution in [1.29, 1.82) is 5.26 Å². The molecule has 0 aromatic heterocycles. The molecule has 12 heavy (non-hydrogen) atoms. The zero-order chi connectivity index (χ0) is 8.81. The summed E-state index contributed by atoms with van der Waals surface area (Å²) in [6, 6.07) is 11.9. The molecular weight excluding hydrogens is 190 g/mol. The lowest BCUT2D eigenvalue weighted by atomic mass is 10.4. The number of hydrogen-bond acceptors (Lipinski definition) is 2. The molecule has 0 aliphatic carbocycles.